The molecule has 20 heavy (non-hydrogen) atoms. The average Bonchev–Trinajstić information content (AvgIpc) is 2.46. The lowest BCUT2D eigenvalue weighted by molar-refractivity contribution is 0.0516. The van der Waals surface area contributed by atoms with Gasteiger partial charge < -0.3 is 10.6 Å². The first-order chi connectivity index (χ1) is 9.56. The van der Waals surface area contributed by atoms with Crippen LogP contribution in [-0.2, 0) is 4.84 Å². The van der Waals surface area contributed by atoms with Crippen LogP contribution in [0.2, 0.25) is 5.02 Å². The Labute approximate surface area is 119 Å². The highest BCUT2D eigenvalue weighted by Crippen LogP contribution is 2.10. The maximum Gasteiger partial charge on any atom is 0.365 e. The third-order valence-electron chi connectivity index (χ3n) is 2.45. The molecule has 0 aromatic heterocycles. The summed E-state index contributed by atoms with van der Waals surface area (Å²) in [6.07, 6.45) is 0. The molecular formula is C14H10ClFN2O2. The molecule has 0 atom stereocenters. The Kier molecular flexibility index (Phi) is 4.32. The van der Waals surface area contributed by atoms with E-state index in [-0.39, 0.29) is 11.7 Å². The minimum Gasteiger partial charge on any atom is -0.380 e. The van der Waals surface area contributed by atoms with E-state index >= 15 is 0 Å². The normalized spacial score (nSPS) is 11.2. The van der Waals surface area contributed by atoms with E-state index in [1.54, 1.807) is 12.1 Å². The highest BCUT2D eigenvalue weighted by atomic mass is 35.5. The van der Waals surface area contributed by atoms with Gasteiger partial charge in [-0.1, -0.05) is 16.8 Å². The van der Waals surface area contributed by atoms with Crippen molar-refractivity contribution in [1.82, 2.24) is 0 Å². The maximum absolute atomic E-state index is 12.7. The number of rotatable bonds is 3. The molecule has 6 heteroatoms. The van der Waals surface area contributed by atoms with Gasteiger partial charge in [-0.25, -0.2) is 9.18 Å². The summed E-state index contributed by atoms with van der Waals surface area (Å²) in [6.45, 7) is 0. The van der Waals surface area contributed by atoms with Crippen molar-refractivity contribution in [3.63, 3.8) is 0 Å². The first kappa shape index (κ1) is 14.0. The van der Waals surface area contributed by atoms with Gasteiger partial charge >= 0.3 is 5.97 Å². The van der Waals surface area contributed by atoms with Crippen LogP contribution < -0.4 is 5.73 Å². The van der Waals surface area contributed by atoms with E-state index in [9.17, 15) is 9.18 Å². The van der Waals surface area contributed by atoms with Crippen LogP contribution in [0.3, 0.4) is 0 Å². The Morgan fingerprint density at radius 1 is 1.05 bits per heavy atom. The first-order valence-corrected chi connectivity index (χ1v) is 6.00. The standard InChI is InChI=1S/C14H10ClFN2O2/c15-11-5-1-10(2-6-11)14(19)20-18-13(17)9-3-7-12(16)8-4-9/h1-8H,(H2,17,18). The van der Waals surface area contributed by atoms with Crippen molar-refractivity contribution in [1.29, 1.82) is 0 Å². The zero-order chi connectivity index (χ0) is 14.5. The second-order valence-electron chi connectivity index (χ2n) is 3.87. The number of halogens is 2. The van der Waals surface area contributed by atoms with Crippen molar-refractivity contribution in [3.8, 4) is 0 Å². The minimum atomic E-state index is -0.660. The summed E-state index contributed by atoms with van der Waals surface area (Å²) in [5.41, 5.74) is 6.38. The van der Waals surface area contributed by atoms with Crippen molar-refractivity contribution in [2.24, 2.45) is 10.9 Å². The van der Waals surface area contributed by atoms with Gasteiger partial charge in [-0.05, 0) is 48.5 Å². The third kappa shape index (κ3) is 3.55. The third-order valence-corrected chi connectivity index (χ3v) is 2.70. The van der Waals surface area contributed by atoms with Gasteiger partial charge in [-0.15, -0.1) is 0 Å². The summed E-state index contributed by atoms with van der Waals surface area (Å²) in [6, 6.07) is 11.5. The molecule has 0 aliphatic carbocycles. The molecule has 0 aliphatic rings. The zero-order valence-corrected chi connectivity index (χ0v) is 11.0. The van der Waals surface area contributed by atoms with Crippen LogP contribution in [0.15, 0.2) is 53.7 Å². The Hall–Kier alpha value is -2.40. The number of nitrogens with zero attached hydrogens (tertiary/aromatic N) is 1. The van der Waals surface area contributed by atoms with E-state index in [1.165, 1.54) is 36.4 Å². The maximum atomic E-state index is 12.7. The molecule has 0 radical (unpaired) electrons. The monoisotopic (exact) mass is 292 g/mol. The predicted octanol–water partition coefficient (Wildman–Crippen LogP) is 2.96. The number of hydrogen-bond acceptors (Lipinski definition) is 3. The van der Waals surface area contributed by atoms with Gasteiger partial charge in [0.25, 0.3) is 0 Å². The van der Waals surface area contributed by atoms with E-state index in [0.29, 0.717) is 16.1 Å². The molecule has 102 valence electrons. The van der Waals surface area contributed by atoms with Gasteiger partial charge in [0.2, 0.25) is 0 Å². The Morgan fingerprint density at radius 3 is 2.20 bits per heavy atom. The summed E-state index contributed by atoms with van der Waals surface area (Å²) in [7, 11) is 0. The highest BCUT2D eigenvalue weighted by Gasteiger charge is 2.07. The van der Waals surface area contributed by atoms with Crippen molar-refractivity contribution < 1.29 is 14.0 Å². The molecule has 0 heterocycles. The topological polar surface area (TPSA) is 64.7 Å². The van der Waals surface area contributed by atoms with E-state index in [0.717, 1.165) is 0 Å². The van der Waals surface area contributed by atoms with Crippen LogP contribution >= 0.6 is 11.6 Å². The van der Waals surface area contributed by atoms with Crippen molar-refractivity contribution >= 4 is 23.4 Å². The molecule has 2 N–H and O–H groups in total. The molecule has 0 unspecified atom stereocenters. The molecule has 0 bridgehead atoms. The van der Waals surface area contributed by atoms with Crippen LogP contribution in [-0.4, -0.2) is 11.8 Å². The Bertz CT molecular complexity index is 639. The lowest BCUT2D eigenvalue weighted by Crippen LogP contribution is -2.15. The number of amidine groups is 1. The van der Waals surface area contributed by atoms with Crippen LogP contribution in [0.5, 0.6) is 0 Å². The molecule has 4 nitrogen and oxygen atoms in total. The van der Waals surface area contributed by atoms with Gasteiger partial charge in [0.05, 0.1) is 5.56 Å². The Balaban J connectivity index is 2.06. The van der Waals surface area contributed by atoms with Gasteiger partial charge in [-0.2, -0.15) is 0 Å². The second kappa shape index (κ2) is 6.16. The summed E-state index contributed by atoms with van der Waals surface area (Å²) in [5, 5.41) is 4.02. The number of benzene rings is 2. The van der Waals surface area contributed by atoms with Gasteiger partial charge in [-0.3, -0.25) is 0 Å². The van der Waals surface area contributed by atoms with E-state index in [1.807, 2.05) is 0 Å². The number of oxime groups is 1. The largest absolute Gasteiger partial charge is 0.380 e. The van der Waals surface area contributed by atoms with Crippen LogP contribution in [0.25, 0.3) is 0 Å². The number of hydrogen-bond donors (Lipinski definition) is 1. The van der Waals surface area contributed by atoms with E-state index in [2.05, 4.69) is 5.16 Å². The molecule has 2 aromatic carbocycles. The number of carbonyl (C=O) groups is 1. The van der Waals surface area contributed by atoms with E-state index in [4.69, 9.17) is 22.2 Å². The molecule has 0 aliphatic heterocycles. The molecule has 0 saturated heterocycles. The lowest BCUT2D eigenvalue weighted by Gasteiger charge is -2.01. The molecule has 0 amide bonds. The Morgan fingerprint density at radius 2 is 1.60 bits per heavy atom. The fourth-order valence-corrected chi connectivity index (χ4v) is 1.53. The zero-order valence-electron chi connectivity index (χ0n) is 10.2. The lowest BCUT2D eigenvalue weighted by atomic mass is 10.2. The van der Waals surface area contributed by atoms with Crippen LogP contribution in [0.4, 0.5) is 4.39 Å². The first-order valence-electron chi connectivity index (χ1n) is 5.62. The summed E-state index contributed by atoms with van der Waals surface area (Å²) in [5.74, 6) is -1.07. The van der Waals surface area contributed by atoms with Crippen molar-refractivity contribution in [3.05, 3.63) is 70.5 Å². The minimum absolute atomic E-state index is 0.0210. The molecule has 0 saturated carbocycles. The molecule has 2 aromatic rings. The summed E-state index contributed by atoms with van der Waals surface area (Å²) in [4.78, 5) is 16.4. The quantitative estimate of drug-likeness (QED) is 0.409. The molecular weight excluding hydrogens is 283 g/mol. The number of nitrogens with two attached hydrogens (primary N) is 1. The van der Waals surface area contributed by atoms with E-state index < -0.39 is 5.97 Å². The predicted molar refractivity (Wildman–Crippen MR) is 74.0 cm³/mol. The SMILES string of the molecule is N/C(=N\OC(=O)c1ccc(Cl)cc1)c1ccc(F)cc1. The van der Waals surface area contributed by atoms with Gasteiger partial charge in [0, 0.05) is 10.6 Å². The molecule has 0 spiro atoms. The van der Waals surface area contributed by atoms with Crippen LogP contribution in [0, 0.1) is 5.82 Å². The number of carbonyl (C=O) groups excluding carboxylic acids is 1. The fourth-order valence-electron chi connectivity index (χ4n) is 1.40. The van der Waals surface area contributed by atoms with Gasteiger partial charge in [0.1, 0.15) is 5.82 Å². The van der Waals surface area contributed by atoms with Crippen molar-refractivity contribution in [2.45, 2.75) is 0 Å². The summed E-state index contributed by atoms with van der Waals surface area (Å²) < 4.78 is 12.7. The van der Waals surface area contributed by atoms with Crippen molar-refractivity contribution in [2.75, 3.05) is 0 Å². The van der Waals surface area contributed by atoms with Gasteiger partial charge in [0.15, 0.2) is 5.84 Å². The molecule has 0 fully saturated rings. The van der Waals surface area contributed by atoms with Crippen LogP contribution in [0.1, 0.15) is 15.9 Å². The summed E-state index contributed by atoms with van der Waals surface area (Å²) >= 11 is 5.71. The smallest absolute Gasteiger partial charge is 0.365 e. The highest BCUT2D eigenvalue weighted by molar-refractivity contribution is 6.30. The molecule has 2 rings (SSSR count). The average molecular weight is 293 g/mol. The second-order valence-corrected chi connectivity index (χ2v) is 4.31. The fraction of sp³-hybridized carbons (Fsp3) is 0.